The minimum absolute atomic E-state index is 0.0700. The van der Waals surface area contributed by atoms with Crippen molar-refractivity contribution in [1.29, 1.82) is 0 Å². The number of hydrogen-bond acceptors (Lipinski definition) is 10. The molecule has 12 nitrogen and oxygen atoms in total. The van der Waals surface area contributed by atoms with Gasteiger partial charge in [-0.15, -0.1) is 0 Å². The highest BCUT2D eigenvalue weighted by Gasteiger charge is 2.22. The van der Waals surface area contributed by atoms with Crippen molar-refractivity contribution >= 4 is 28.7 Å². The SMILES string of the molecule is O=C(CCC(=O)NC1CCCC1)NCOCCOCCc1cc2nc(-c3cccc(O)c3)nc(N3CCOCC3)c2o1. The Balaban J connectivity index is 1.04. The lowest BCUT2D eigenvalue weighted by Crippen LogP contribution is -2.37. The lowest BCUT2D eigenvalue weighted by molar-refractivity contribution is -0.127. The van der Waals surface area contributed by atoms with Gasteiger partial charge in [0.2, 0.25) is 11.8 Å². The molecule has 226 valence electrons. The number of morpholine rings is 1. The number of phenols is 1. The molecule has 0 atom stereocenters. The predicted octanol–water partition coefficient (Wildman–Crippen LogP) is 2.92. The van der Waals surface area contributed by atoms with Gasteiger partial charge >= 0.3 is 0 Å². The zero-order valence-electron chi connectivity index (χ0n) is 23.8. The first-order valence-corrected chi connectivity index (χ1v) is 14.7. The normalized spacial score (nSPS) is 15.8. The summed E-state index contributed by atoms with van der Waals surface area (Å²) >= 11 is 0. The van der Waals surface area contributed by atoms with Crippen molar-refractivity contribution in [1.82, 2.24) is 20.6 Å². The molecule has 1 saturated heterocycles. The second-order valence-electron chi connectivity index (χ2n) is 10.5. The van der Waals surface area contributed by atoms with Gasteiger partial charge in [0.15, 0.2) is 17.2 Å². The van der Waals surface area contributed by atoms with E-state index in [0.29, 0.717) is 75.3 Å². The molecule has 12 heteroatoms. The number of hydrogen-bond donors (Lipinski definition) is 3. The molecular formula is C30H39N5O7. The maximum atomic E-state index is 11.9. The third-order valence-corrected chi connectivity index (χ3v) is 7.36. The van der Waals surface area contributed by atoms with Gasteiger partial charge in [0.25, 0.3) is 0 Å². The molecule has 2 fully saturated rings. The summed E-state index contributed by atoms with van der Waals surface area (Å²) in [6.45, 7) is 3.78. The number of carbonyl (C=O) groups is 2. The number of anilines is 1. The van der Waals surface area contributed by atoms with Gasteiger partial charge in [0, 0.05) is 50.0 Å². The van der Waals surface area contributed by atoms with E-state index in [1.165, 1.54) is 0 Å². The summed E-state index contributed by atoms with van der Waals surface area (Å²) in [4.78, 5) is 35.5. The lowest BCUT2D eigenvalue weighted by Gasteiger charge is -2.27. The number of benzene rings is 1. The Bertz CT molecular complexity index is 1330. The zero-order valence-corrected chi connectivity index (χ0v) is 23.8. The number of amides is 2. The van der Waals surface area contributed by atoms with Crippen LogP contribution in [0.4, 0.5) is 5.82 Å². The molecule has 3 N–H and O–H groups in total. The highest BCUT2D eigenvalue weighted by Crippen LogP contribution is 2.31. The highest BCUT2D eigenvalue weighted by atomic mass is 16.5. The quantitative estimate of drug-likeness (QED) is 0.192. The fourth-order valence-corrected chi connectivity index (χ4v) is 5.13. The van der Waals surface area contributed by atoms with E-state index in [9.17, 15) is 14.7 Å². The number of nitrogens with one attached hydrogen (secondary N) is 2. The van der Waals surface area contributed by atoms with Crippen LogP contribution in [0.2, 0.25) is 0 Å². The first-order chi connectivity index (χ1) is 20.5. The minimum atomic E-state index is -0.214. The summed E-state index contributed by atoms with van der Waals surface area (Å²) in [5.74, 6) is 1.82. The highest BCUT2D eigenvalue weighted by molar-refractivity contribution is 5.87. The number of furan rings is 1. The van der Waals surface area contributed by atoms with Gasteiger partial charge in [0.1, 0.15) is 23.8 Å². The van der Waals surface area contributed by atoms with E-state index >= 15 is 0 Å². The van der Waals surface area contributed by atoms with E-state index in [-0.39, 0.29) is 43.2 Å². The summed E-state index contributed by atoms with van der Waals surface area (Å²) in [6.07, 6.45) is 5.23. The molecule has 1 aliphatic heterocycles. The zero-order chi connectivity index (χ0) is 29.1. The number of ether oxygens (including phenoxy) is 3. The fraction of sp³-hybridized carbons (Fsp3) is 0.533. The molecule has 2 aliphatic rings. The molecule has 1 aliphatic carbocycles. The summed E-state index contributed by atoms with van der Waals surface area (Å²) in [7, 11) is 0. The molecule has 1 saturated carbocycles. The summed E-state index contributed by atoms with van der Waals surface area (Å²) in [6, 6.07) is 9.05. The number of aromatic hydroxyl groups is 1. The molecule has 0 spiro atoms. The van der Waals surface area contributed by atoms with Crippen LogP contribution in [-0.2, 0) is 30.2 Å². The number of rotatable bonds is 14. The molecule has 1 aromatic carbocycles. The molecule has 0 unspecified atom stereocenters. The summed E-state index contributed by atoms with van der Waals surface area (Å²) < 4.78 is 22.8. The van der Waals surface area contributed by atoms with Gasteiger partial charge < -0.3 is 39.3 Å². The molecule has 0 bridgehead atoms. The van der Waals surface area contributed by atoms with Crippen LogP contribution < -0.4 is 15.5 Å². The van der Waals surface area contributed by atoms with Gasteiger partial charge in [-0.1, -0.05) is 25.0 Å². The van der Waals surface area contributed by atoms with E-state index in [1.54, 1.807) is 18.2 Å². The van der Waals surface area contributed by atoms with Crippen molar-refractivity contribution in [3.63, 3.8) is 0 Å². The van der Waals surface area contributed by atoms with Crippen LogP contribution in [0.5, 0.6) is 5.75 Å². The van der Waals surface area contributed by atoms with Crippen LogP contribution >= 0.6 is 0 Å². The number of aromatic nitrogens is 2. The van der Waals surface area contributed by atoms with Crippen molar-refractivity contribution in [3.8, 4) is 17.1 Å². The topological polar surface area (TPSA) is 148 Å². The Labute approximate surface area is 244 Å². The Morgan fingerprint density at radius 2 is 1.79 bits per heavy atom. The fourth-order valence-electron chi connectivity index (χ4n) is 5.13. The molecule has 3 aromatic rings. The van der Waals surface area contributed by atoms with Crippen LogP contribution in [0.1, 0.15) is 44.3 Å². The van der Waals surface area contributed by atoms with Crippen molar-refractivity contribution in [2.75, 3.05) is 57.8 Å². The van der Waals surface area contributed by atoms with Crippen LogP contribution in [0, 0.1) is 0 Å². The largest absolute Gasteiger partial charge is 0.508 e. The number of nitrogens with zero attached hydrogens (tertiary/aromatic N) is 3. The molecular weight excluding hydrogens is 542 g/mol. The third kappa shape index (κ3) is 8.40. The van der Waals surface area contributed by atoms with Crippen molar-refractivity contribution in [2.45, 2.75) is 51.0 Å². The Morgan fingerprint density at radius 1 is 1.00 bits per heavy atom. The van der Waals surface area contributed by atoms with Crippen molar-refractivity contribution in [3.05, 3.63) is 36.1 Å². The molecule has 42 heavy (non-hydrogen) atoms. The van der Waals surface area contributed by atoms with Gasteiger partial charge in [0.05, 0.1) is 33.0 Å². The lowest BCUT2D eigenvalue weighted by atomic mass is 10.2. The summed E-state index contributed by atoms with van der Waals surface area (Å²) in [5, 5.41) is 15.6. The third-order valence-electron chi connectivity index (χ3n) is 7.36. The Hall–Kier alpha value is -3.74. The van der Waals surface area contributed by atoms with E-state index < -0.39 is 0 Å². The Morgan fingerprint density at radius 3 is 2.60 bits per heavy atom. The first kappa shape index (κ1) is 29.7. The van der Waals surface area contributed by atoms with Crippen LogP contribution in [0.3, 0.4) is 0 Å². The van der Waals surface area contributed by atoms with E-state index in [4.69, 9.17) is 28.6 Å². The Kier molecular flexibility index (Phi) is 10.6. The molecule has 0 radical (unpaired) electrons. The molecule has 2 amide bonds. The number of carbonyl (C=O) groups excluding carboxylic acids is 2. The second kappa shape index (κ2) is 14.9. The van der Waals surface area contributed by atoms with Gasteiger partial charge in [-0.25, -0.2) is 9.97 Å². The predicted molar refractivity (Wildman–Crippen MR) is 155 cm³/mol. The second-order valence-corrected chi connectivity index (χ2v) is 10.5. The van der Waals surface area contributed by atoms with Gasteiger partial charge in [-0.2, -0.15) is 0 Å². The van der Waals surface area contributed by atoms with E-state index in [2.05, 4.69) is 15.5 Å². The number of fused-ring (bicyclic) bond motifs is 1. The van der Waals surface area contributed by atoms with E-state index in [1.807, 2.05) is 12.1 Å². The minimum Gasteiger partial charge on any atom is -0.508 e. The van der Waals surface area contributed by atoms with Crippen molar-refractivity contribution in [2.24, 2.45) is 0 Å². The standard InChI is InChI=1S/C30H39N5O7/c36-23-7-3-4-21(18-23)29-33-25-19-24(42-28(25)30(34-29)35-11-14-40-15-12-35)10-13-39-16-17-41-20-31-26(37)8-9-27(38)32-22-5-1-2-6-22/h3-4,7,18-19,22,36H,1-2,5-6,8-17,20H2,(H,31,37)(H,32,38). The monoisotopic (exact) mass is 581 g/mol. The van der Waals surface area contributed by atoms with E-state index in [0.717, 1.165) is 37.0 Å². The average molecular weight is 582 g/mol. The smallest absolute Gasteiger partial charge is 0.222 e. The summed E-state index contributed by atoms with van der Waals surface area (Å²) in [5.41, 5.74) is 2.03. The average Bonchev–Trinajstić information content (AvgIpc) is 3.67. The molecule has 2 aromatic heterocycles. The van der Waals surface area contributed by atoms with Crippen LogP contribution in [-0.4, -0.2) is 85.8 Å². The number of phenolic OH excluding ortho intramolecular Hbond substituents is 1. The molecule has 5 rings (SSSR count). The maximum absolute atomic E-state index is 11.9. The van der Waals surface area contributed by atoms with Crippen LogP contribution in [0.15, 0.2) is 34.7 Å². The molecule has 3 heterocycles. The maximum Gasteiger partial charge on any atom is 0.222 e. The van der Waals surface area contributed by atoms with Crippen molar-refractivity contribution < 1.29 is 33.3 Å². The first-order valence-electron chi connectivity index (χ1n) is 14.7. The van der Waals surface area contributed by atoms with Crippen LogP contribution in [0.25, 0.3) is 22.5 Å². The van der Waals surface area contributed by atoms with Gasteiger partial charge in [-0.3, -0.25) is 9.59 Å². The van der Waals surface area contributed by atoms with Gasteiger partial charge in [-0.05, 0) is 25.0 Å².